The first-order valence-electron chi connectivity index (χ1n) is 8.31. The molecule has 26 heavy (non-hydrogen) atoms. The number of carbonyl (C=O) groups is 2. The summed E-state index contributed by atoms with van der Waals surface area (Å²) >= 11 is 0. The SMILES string of the molecule is Cc1cc(C)c2c(C)c(C(=O)Nc3ccc4c(c3)NC(=O)CO4)oc2c1. The maximum absolute atomic E-state index is 12.7. The molecule has 132 valence electrons. The van der Waals surface area contributed by atoms with Gasteiger partial charge in [0.15, 0.2) is 12.4 Å². The van der Waals surface area contributed by atoms with Crippen molar-refractivity contribution in [2.75, 3.05) is 17.2 Å². The number of aryl methyl sites for hydroxylation is 3. The monoisotopic (exact) mass is 350 g/mol. The molecular weight excluding hydrogens is 332 g/mol. The molecule has 2 aromatic carbocycles. The molecular formula is C20H18N2O4. The highest BCUT2D eigenvalue weighted by atomic mass is 16.5. The Bertz CT molecular complexity index is 1070. The van der Waals surface area contributed by atoms with E-state index in [0.29, 0.717) is 22.7 Å². The molecule has 6 heteroatoms. The fourth-order valence-electron chi connectivity index (χ4n) is 3.36. The van der Waals surface area contributed by atoms with Crippen LogP contribution in [0.5, 0.6) is 5.75 Å². The number of rotatable bonds is 2. The van der Waals surface area contributed by atoms with Gasteiger partial charge in [0.2, 0.25) is 0 Å². The molecule has 2 amide bonds. The number of hydrogen-bond acceptors (Lipinski definition) is 4. The summed E-state index contributed by atoms with van der Waals surface area (Å²) in [5.41, 5.74) is 4.76. The highest BCUT2D eigenvalue weighted by molar-refractivity contribution is 6.07. The van der Waals surface area contributed by atoms with Crippen LogP contribution in [0.3, 0.4) is 0 Å². The minimum atomic E-state index is -0.334. The van der Waals surface area contributed by atoms with Crippen molar-refractivity contribution in [3.8, 4) is 5.75 Å². The van der Waals surface area contributed by atoms with E-state index >= 15 is 0 Å². The quantitative estimate of drug-likeness (QED) is 0.733. The number of furan rings is 1. The molecule has 0 saturated heterocycles. The van der Waals surface area contributed by atoms with Gasteiger partial charge in [0.25, 0.3) is 11.8 Å². The van der Waals surface area contributed by atoms with Crippen LogP contribution in [0, 0.1) is 20.8 Å². The van der Waals surface area contributed by atoms with E-state index < -0.39 is 0 Å². The number of anilines is 2. The summed E-state index contributed by atoms with van der Waals surface area (Å²) in [6.07, 6.45) is 0. The van der Waals surface area contributed by atoms with Gasteiger partial charge < -0.3 is 19.8 Å². The Hall–Kier alpha value is -3.28. The van der Waals surface area contributed by atoms with E-state index in [1.165, 1.54) is 0 Å². The summed E-state index contributed by atoms with van der Waals surface area (Å²) in [5, 5.41) is 6.51. The lowest BCUT2D eigenvalue weighted by atomic mass is 10.0. The van der Waals surface area contributed by atoms with Gasteiger partial charge >= 0.3 is 0 Å². The average Bonchev–Trinajstić information content (AvgIpc) is 2.91. The normalized spacial score (nSPS) is 13.1. The van der Waals surface area contributed by atoms with Crippen LogP contribution in [-0.4, -0.2) is 18.4 Å². The number of benzene rings is 2. The van der Waals surface area contributed by atoms with E-state index in [4.69, 9.17) is 9.15 Å². The number of hydrogen-bond donors (Lipinski definition) is 2. The number of nitrogens with one attached hydrogen (secondary N) is 2. The van der Waals surface area contributed by atoms with Crippen molar-refractivity contribution in [3.05, 3.63) is 52.8 Å². The van der Waals surface area contributed by atoms with E-state index in [1.807, 2.05) is 26.8 Å². The van der Waals surface area contributed by atoms with Gasteiger partial charge in [-0.15, -0.1) is 0 Å². The van der Waals surface area contributed by atoms with Gasteiger partial charge in [0, 0.05) is 16.6 Å². The lowest BCUT2D eigenvalue weighted by molar-refractivity contribution is -0.118. The van der Waals surface area contributed by atoms with Crippen LogP contribution in [0.25, 0.3) is 11.0 Å². The van der Waals surface area contributed by atoms with Gasteiger partial charge in [-0.1, -0.05) is 6.07 Å². The Morgan fingerprint density at radius 3 is 2.77 bits per heavy atom. The fourth-order valence-corrected chi connectivity index (χ4v) is 3.36. The summed E-state index contributed by atoms with van der Waals surface area (Å²) in [7, 11) is 0. The van der Waals surface area contributed by atoms with Gasteiger partial charge in [0.05, 0.1) is 5.69 Å². The van der Waals surface area contributed by atoms with Crippen LogP contribution in [0.15, 0.2) is 34.7 Å². The zero-order valence-corrected chi connectivity index (χ0v) is 14.7. The number of fused-ring (bicyclic) bond motifs is 2. The maximum Gasteiger partial charge on any atom is 0.291 e. The standard InChI is InChI=1S/C20H18N2O4/c1-10-6-11(2)18-12(3)19(26-16(18)7-10)20(24)21-13-4-5-15-14(8-13)22-17(23)9-25-15/h4-8H,9H2,1-3H3,(H,21,24)(H,22,23). The first kappa shape index (κ1) is 16.2. The molecule has 0 aliphatic carbocycles. The zero-order chi connectivity index (χ0) is 18.4. The van der Waals surface area contributed by atoms with Gasteiger partial charge in [0.1, 0.15) is 11.3 Å². The first-order valence-corrected chi connectivity index (χ1v) is 8.31. The predicted octanol–water partition coefficient (Wildman–Crippen LogP) is 3.94. The molecule has 1 aromatic heterocycles. The number of amides is 2. The van der Waals surface area contributed by atoms with Crippen LogP contribution in [0.1, 0.15) is 27.2 Å². The molecule has 2 N–H and O–H groups in total. The third-order valence-electron chi connectivity index (χ3n) is 4.45. The molecule has 0 spiro atoms. The van der Waals surface area contributed by atoms with Gasteiger partial charge in [-0.25, -0.2) is 0 Å². The van der Waals surface area contributed by atoms with Gasteiger partial charge in [-0.2, -0.15) is 0 Å². The van der Waals surface area contributed by atoms with Crippen molar-refractivity contribution in [1.29, 1.82) is 0 Å². The molecule has 0 saturated carbocycles. The third kappa shape index (κ3) is 2.69. The summed E-state index contributed by atoms with van der Waals surface area (Å²) < 4.78 is 11.1. The van der Waals surface area contributed by atoms with E-state index in [2.05, 4.69) is 16.7 Å². The largest absolute Gasteiger partial charge is 0.482 e. The Kier molecular flexibility index (Phi) is 3.68. The lowest BCUT2D eigenvalue weighted by Gasteiger charge is -2.18. The maximum atomic E-state index is 12.7. The summed E-state index contributed by atoms with van der Waals surface area (Å²) in [4.78, 5) is 24.2. The van der Waals surface area contributed by atoms with Gasteiger partial charge in [-0.3, -0.25) is 9.59 Å². The molecule has 6 nitrogen and oxygen atoms in total. The van der Waals surface area contributed by atoms with E-state index in [9.17, 15) is 9.59 Å². The van der Waals surface area contributed by atoms with Crippen molar-refractivity contribution in [2.24, 2.45) is 0 Å². The lowest BCUT2D eigenvalue weighted by Crippen LogP contribution is -2.25. The number of carbonyl (C=O) groups excluding carboxylic acids is 2. The van der Waals surface area contributed by atoms with Crippen molar-refractivity contribution < 1.29 is 18.7 Å². The smallest absolute Gasteiger partial charge is 0.291 e. The molecule has 0 radical (unpaired) electrons. The van der Waals surface area contributed by atoms with E-state index in [-0.39, 0.29) is 24.2 Å². The van der Waals surface area contributed by atoms with Crippen LogP contribution >= 0.6 is 0 Å². The van der Waals surface area contributed by atoms with Crippen LogP contribution in [0.4, 0.5) is 11.4 Å². The van der Waals surface area contributed by atoms with E-state index in [1.54, 1.807) is 18.2 Å². The Balaban J connectivity index is 1.66. The zero-order valence-electron chi connectivity index (χ0n) is 14.7. The Morgan fingerprint density at radius 2 is 1.96 bits per heavy atom. The molecule has 0 unspecified atom stereocenters. The second-order valence-electron chi connectivity index (χ2n) is 6.51. The molecule has 2 heterocycles. The van der Waals surface area contributed by atoms with Gasteiger partial charge in [-0.05, 0) is 56.2 Å². The van der Waals surface area contributed by atoms with Crippen molar-refractivity contribution >= 4 is 34.2 Å². The highest BCUT2D eigenvalue weighted by Gasteiger charge is 2.21. The van der Waals surface area contributed by atoms with Crippen molar-refractivity contribution in [1.82, 2.24) is 0 Å². The highest BCUT2D eigenvalue weighted by Crippen LogP contribution is 2.32. The molecule has 1 aliphatic heterocycles. The molecule has 0 atom stereocenters. The fraction of sp³-hybridized carbons (Fsp3) is 0.200. The molecule has 3 aromatic rings. The van der Waals surface area contributed by atoms with Crippen molar-refractivity contribution in [3.63, 3.8) is 0 Å². The third-order valence-corrected chi connectivity index (χ3v) is 4.45. The minimum Gasteiger partial charge on any atom is -0.482 e. The second-order valence-corrected chi connectivity index (χ2v) is 6.51. The summed E-state index contributed by atoms with van der Waals surface area (Å²) in [6, 6.07) is 9.10. The second kappa shape index (κ2) is 5.91. The number of ether oxygens (including phenoxy) is 1. The molecule has 0 fully saturated rings. The molecule has 4 rings (SSSR count). The topological polar surface area (TPSA) is 80.6 Å². The van der Waals surface area contributed by atoms with Crippen LogP contribution in [-0.2, 0) is 4.79 Å². The van der Waals surface area contributed by atoms with Crippen molar-refractivity contribution in [2.45, 2.75) is 20.8 Å². The first-order chi connectivity index (χ1) is 12.4. The van der Waals surface area contributed by atoms with Crippen LogP contribution in [0.2, 0.25) is 0 Å². The predicted molar refractivity (Wildman–Crippen MR) is 98.9 cm³/mol. The average molecular weight is 350 g/mol. The molecule has 0 bridgehead atoms. The van der Waals surface area contributed by atoms with E-state index in [0.717, 1.165) is 22.1 Å². The summed E-state index contributed by atoms with van der Waals surface area (Å²) in [6.45, 7) is 5.87. The minimum absolute atomic E-state index is 0.00431. The Morgan fingerprint density at radius 1 is 1.15 bits per heavy atom. The molecule has 1 aliphatic rings. The van der Waals surface area contributed by atoms with Crippen LogP contribution < -0.4 is 15.4 Å². The summed E-state index contributed by atoms with van der Waals surface area (Å²) in [5.74, 6) is 0.305. The Labute approximate surface area is 150 Å².